The number of aromatic nitrogens is 2. The van der Waals surface area contributed by atoms with Crippen LogP contribution in [0.1, 0.15) is 25.2 Å². The molecule has 1 atom stereocenters. The maximum atomic E-state index is 11.0. The Balaban J connectivity index is 3.15. The van der Waals surface area contributed by atoms with E-state index in [0.717, 1.165) is 0 Å². The summed E-state index contributed by atoms with van der Waals surface area (Å²) in [5.41, 5.74) is 1.42. The molecule has 0 aromatic carbocycles. The fourth-order valence-corrected chi connectivity index (χ4v) is 1.68. The Morgan fingerprint density at radius 3 is 2.69 bits per heavy atom. The highest BCUT2D eigenvalue weighted by molar-refractivity contribution is 5.41. The summed E-state index contributed by atoms with van der Waals surface area (Å²) in [7, 11) is 3.59. The summed E-state index contributed by atoms with van der Waals surface area (Å²) in [5.74, 6) is 0. The number of nitrogens with zero attached hydrogens (tertiary/aromatic N) is 3. The molecule has 0 saturated carbocycles. The van der Waals surface area contributed by atoms with Gasteiger partial charge in [-0.05, 0) is 20.4 Å². The van der Waals surface area contributed by atoms with Gasteiger partial charge in [-0.3, -0.25) is 14.8 Å². The standard InChI is InChI=1S/C10H18N4O2/c1-5-8-10(14(15)16)9(13(4)12-8)6-7(2)11-3/h7,11H,5-6H2,1-4H3. The number of rotatable bonds is 5. The summed E-state index contributed by atoms with van der Waals surface area (Å²) in [6.07, 6.45) is 1.19. The van der Waals surface area contributed by atoms with Crippen molar-refractivity contribution >= 4 is 5.69 Å². The Hall–Kier alpha value is -1.43. The molecule has 1 N–H and O–H groups in total. The molecule has 1 rings (SSSR count). The first-order valence-corrected chi connectivity index (χ1v) is 5.37. The number of hydrogen-bond acceptors (Lipinski definition) is 4. The van der Waals surface area contributed by atoms with E-state index < -0.39 is 0 Å². The highest BCUT2D eigenvalue weighted by Crippen LogP contribution is 2.24. The summed E-state index contributed by atoms with van der Waals surface area (Å²) in [6.45, 7) is 3.86. The quantitative estimate of drug-likeness (QED) is 0.601. The third-order valence-electron chi connectivity index (χ3n) is 2.72. The molecule has 0 amide bonds. The normalized spacial score (nSPS) is 12.8. The van der Waals surface area contributed by atoms with E-state index >= 15 is 0 Å². The summed E-state index contributed by atoms with van der Waals surface area (Å²) in [4.78, 5) is 10.7. The van der Waals surface area contributed by atoms with Crippen molar-refractivity contribution in [2.75, 3.05) is 7.05 Å². The summed E-state index contributed by atoms with van der Waals surface area (Å²) < 4.78 is 1.62. The van der Waals surface area contributed by atoms with Gasteiger partial charge in [-0.2, -0.15) is 5.10 Å². The monoisotopic (exact) mass is 226 g/mol. The van der Waals surface area contributed by atoms with Crippen LogP contribution in [0.4, 0.5) is 5.69 Å². The molecule has 6 heteroatoms. The zero-order valence-electron chi connectivity index (χ0n) is 10.1. The van der Waals surface area contributed by atoms with E-state index in [1.807, 2.05) is 20.9 Å². The largest absolute Gasteiger partial charge is 0.317 e. The SMILES string of the molecule is CCc1nn(C)c(CC(C)NC)c1[N+](=O)[O-]. The van der Waals surface area contributed by atoms with Gasteiger partial charge < -0.3 is 5.32 Å². The first-order chi connectivity index (χ1) is 7.51. The van der Waals surface area contributed by atoms with Crippen molar-refractivity contribution in [1.29, 1.82) is 0 Å². The molecule has 0 saturated heterocycles. The fourth-order valence-electron chi connectivity index (χ4n) is 1.68. The van der Waals surface area contributed by atoms with Gasteiger partial charge in [0.15, 0.2) is 0 Å². The predicted molar refractivity (Wildman–Crippen MR) is 61.5 cm³/mol. The van der Waals surface area contributed by atoms with Crippen LogP contribution in [0, 0.1) is 10.1 Å². The highest BCUT2D eigenvalue weighted by atomic mass is 16.6. The minimum atomic E-state index is -0.330. The third kappa shape index (κ3) is 2.38. The lowest BCUT2D eigenvalue weighted by atomic mass is 10.1. The molecule has 1 unspecified atom stereocenters. The van der Waals surface area contributed by atoms with Crippen LogP contribution in [0.2, 0.25) is 0 Å². The van der Waals surface area contributed by atoms with Gasteiger partial charge in [0.2, 0.25) is 0 Å². The molecule has 1 heterocycles. The molecule has 0 spiro atoms. The molecule has 6 nitrogen and oxygen atoms in total. The van der Waals surface area contributed by atoms with Crippen molar-refractivity contribution in [2.45, 2.75) is 32.7 Å². The second-order valence-corrected chi connectivity index (χ2v) is 3.87. The molecule has 0 fully saturated rings. The van der Waals surface area contributed by atoms with Crippen LogP contribution in [-0.2, 0) is 19.9 Å². The van der Waals surface area contributed by atoms with Crippen LogP contribution in [0.15, 0.2) is 0 Å². The first kappa shape index (κ1) is 12.6. The molecule has 0 aliphatic rings. The van der Waals surface area contributed by atoms with E-state index in [2.05, 4.69) is 10.4 Å². The zero-order valence-corrected chi connectivity index (χ0v) is 10.1. The number of nitrogens with one attached hydrogen (secondary N) is 1. The lowest BCUT2D eigenvalue weighted by Crippen LogP contribution is -2.25. The highest BCUT2D eigenvalue weighted by Gasteiger charge is 2.25. The Labute approximate surface area is 94.8 Å². The van der Waals surface area contributed by atoms with E-state index in [9.17, 15) is 10.1 Å². The lowest BCUT2D eigenvalue weighted by molar-refractivity contribution is -0.386. The number of hydrogen-bond donors (Lipinski definition) is 1. The fraction of sp³-hybridized carbons (Fsp3) is 0.700. The summed E-state index contributed by atoms with van der Waals surface area (Å²) >= 11 is 0. The summed E-state index contributed by atoms with van der Waals surface area (Å²) in [6, 6.07) is 0.193. The smallest absolute Gasteiger partial charge is 0.313 e. The number of nitro groups is 1. The van der Waals surface area contributed by atoms with E-state index in [0.29, 0.717) is 24.2 Å². The van der Waals surface area contributed by atoms with E-state index in [1.165, 1.54) is 0 Å². The molecular formula is C10H18N4O2. The van der Waals surface area contributed by atoms with Crippen molar-refractivity contribution in [3.8, 4) is 0 Å². The molecule has 1 aromatic heterocycles. The zero-order chi connectivity index (χ0) is 12.3. The number of aryl methyl sites for hydroxylation is 2. The van der Waals surface area contributed by atoms with E-state index in [4.69, 9.17) is 0 Å². The lowest BCUT2D eigenvalue weighted by Gasteiger charge is -2.09. The minimum absolute atomic E-state index is 0.173. The molecule has 16 heavy (non-hydrogen) atoms. The van der Waals surface area contributed by atoms with Gasteiger partial charge in [-0.25, -0.2) is 0 Å². The van der Waals surface area contributed by atoms with Crippen molar-refractivity contribution < 1.29 is 4.92 Å². The Morgan fingerprint density at radius 2 is 2.25 bits per heavy atom. The van der Waals surface area contributed by atoms with Gasteiger partial charge in [-0.1, -0.05) is 6.92 Å². The van der Waals surface area contributed by atoms with Crippen molar-refractivity contribution in [3.05, 3.63) is 21.5 Å². The van der Waals surface area contributed by atoms with Crippen LogP contribution in [0.5, 0.6) is 0 Å². The van der Waals surface area contributed by atoms with Crippen molar-refractivity contribution in [2.24, 2.45) is 7.05 Å². The van der Waals surface area contributed by atoms with Crippen LogP contribution in [0.3, 0.4) is 0 Å². The Bertz CT molecular complexity index is 386. The molecular weight excluding hydrogens is 208 g/mol. The van der Waals surface area contributed by atoms with Crippen LogP contribution in [-0.4, -0.2) is 27.8 Å². The molecule has 1 aromatic rings. The maximum Gasteiger partial charge on any atom is 0.313 e. The van der Waals surface area contributed by atoms with Crippen molar-refractivity contribution in [3.63, 3.8) is 0 Å². The third-order valence-corrected chi connectivity index (χ3v) is 2.72. The van der Waals surface area contributed by atoms with Gasteiger partial charge in [0.25, 0.3) is 0 Å². The van der Waals surface area contributed by atoms with Gasteiger partial charge in [-0.15, -0.1) is 0 Å². The van der Waals surface area contributed by atoms with Gasteiger partial charge in [0.1, 0.15) is 11.4 Å². The minimum Gasteiger partial charge on any atom is -0.317 e. The van der Waals surface area contributed by atoms with E-state index in [1.54, 1.807) is 11.7 Å². The predicted octanol–water partition coefficient (Wildman–Crippen LogP) is 1.04. The van der Waals surface area contributed by atoms with Gasteiger partial charge >= 0.3 is 5.69 Å². The average molecular weight is 226 g/mol. The molecule has 0 aliphatic carbocycles. The summed E-state index contributed by atoms with van der Waals surface area (Å²) in [5, 5.41) is 18.3. The molecule has 0 bridgehead atoms. The van der Waals surface area contributed by atoms with Crippen molar-refractivity contribution in [1.82, 2.24) is 15.1 Å². The van der Waals surface area contributed by atoms with Crippen LogP contribution >= 0.6 is 0 Å². The van der Waals surface area contributed by atoms with Gasteiger partial charge in [0, 0.05) is 19.5 Å². The second-order valence-electron chi connectivity index (χ2n) is 3.87. The average Bonchev–Trinajstić information content (AvgIpc) is 2.55. The Kier molecular flexibility index (Phi) is 4.00. The number of likely N-dealkylation sites (N-methyl/N-ethyl adjacent to an activating group) is 1. The molecule has 0 aliphatic heterocycles. The van der Waals surface area contributed by atoms with E-state index in [-0.39, 0.29) is 16.7 Å². The maximum absolute atomic E-state index is 11.0. The topological polar surface area (TPSA) is 73.0 Å². The van der Waals surface area contributed by atoms with Gasteiger partial charge in [0.05, 0.1) is 4.92 Å². The second kappa shape index (κ2) is 5.07. The van der Waals surface area contributed by atoms with Crippen LogP contribution in [0.25, 0.3) is 0 Å². The molecule has 0 radical (unpaired) electrons. The Morgan fingerprint density at radius 1 is 1.62 bits per heavy atom. The van der Waals surface area contributed by atoms with Crippen LogP contribution < -0.4 is 5.32 Å². The molecule has 90 valence electrons. The first-order valence-electron chi connectivity index (χ1n) is 5.37.